The molecular formula is C18H13BrO5. The zero-order valence-corrected chi connectivity index (χ0v) is 14.2. The van der Waals surface area contributed by atoms with Crippen LogP contribution in [0.25, 0.3) is 6.08 Å². The molecule has 0 amide bonds. The van der Waals surface area contributed by atoms with Crippen molar-refractivity contribution in [3.8, 4) is 11.5 Å². The third kappa shape index (κ3) is 3.33. The number of carboxylic acid groups (broad SMARTS) is 1. The van der Waals surface area contributed by atoms with Crippen molar-refractivity contribution < 1.29 is 24.2 Å². The number of rotatable bonds is 4. The molecule has 0 aliphatic carbocycles. The number of carboxylic acids is 1. The summed E-state index contributed by atoms with van der Waals surface area (Å²) < 4.78 is 11.8. The minimum absolute atomic E-state index is 0.214. The minimum Gasteiger partial charge on any atom is -0.479 e. The molecule has 0 unspecified atom stereocenters. The van der Waals surface area contributed by atoms with Gasteiger partial charge in [-0.3, -0.25) is 4.79 Å². The molecule has 2 aromatic carbocycles. The molecule has 0 saturated heterocycles. The SMILES string of the molecule is C[C@@H](Oc1ccc2c(c1)OC(=Cc1cccc(Br)c1)C2=O)C(=O)O. The van der Waals surface area contributed by atoms with Gasteiger partial charge in [-0.2, -0.15) is 0 Å². The molecule has 0 fully saturated rings. The van der Waals surface area contributed by atoms with Gasteiger partial charge in [0.05, 0.1) is 5.56 Å². The Morgan fingerprint density at radius 1 is 1.29 bits per heavy atom. The summed E-state index contributed by atoms with van der Waals surface area (Å²) in [6.45, 7) is 1.43. The van der Waals surface area contributed by atoms with E-state index in [-0.39, 0.29) is 11.5 Å². The van der Waals surface area contributed by atoms with E-state index in [0.717, 1.165) is 10.0 Å². The van der Waals surface area contributed by atoms with Crippen LogP contribution in [0.2, 0.25) is 0 Å². The number of benzene rings is 2. The topological polar surface area (TPSA) is 72.8 Å². The van der Waals surface area contributed by atoms with Gasteiger partial charge < -0.3 is 14.6 Å². The molecule has 0 saturated carbocycles. The third-order valence-corrected chi connectivity index (χ3v) is 3.94. The van der Waals surface area contributed by atoms with Crippen LogP contribution in [-0.4, -0.2) is 23.0 Å². The first-order valence-corrected chi connectivity index (χ1v) is 7.96. The van der Waals surface area contributed by atoms with Crippen molar-refractivity contribution in [2.24, 2.45) is 0 Å². The molecular weight excluding hydrogens is 376 g/mol. The predicted molar refractivity (Wildman–Crippen MR) is 91.2 cm³/mol. The highest BCUT2D eigenvalue weighted by molar-refractivity contribution is 9.10. The number of ketones is 1. The summed E-state index contributed by atoms with van der Waals surface area (Å²) >= 11 is 3.38. The quantitative estimate of drug-likeness (QED) is 0.803. The number of allylic oxidation sites excluding steroid dienone is 1. The minimum atomic E-state index is -1.07. The van der Waals surface area contributed by atoms with E-state index in [2.05, 4.69) is 15.9 Å². The van der Waals surface area contributed by atoms with Crippen LogP contribution in [0.3, 0.4) is 0 Å². The Bertz CT molecular complexity index is 856. The molecule has 0 bridgehead atoms. The molecule has 0 spiro atoms. The summed E-state index contributed by atoms with van der Waals surface area (Å²) in [6, 6.07) is 12.1. The van der Waals surface area contributed by atoms with Gasteiger partial charge in [0, 0.05) is 10.5 Å². The predicted octanol–water partition coefficient (Wildman–Crippen LogP) is 3.92. The van der Waals surface area contributed by atoms with E-state index < -0.39 is 12.1 Å². The second-order valence-electron chi connectivity index (χ2n) is 5.25. The highest BCUT2D eigenvalue weighted by atomic mass is 79.9. The van der Waals surface area contributed by atoms with Crippen LogP contribution in [0.1, 0.15) is 22.8 Å². The monoisotopic (exact) mass is 388 g/mol. The first-order chi connectivity index (χ1) is 11.4. The Hall–Kier alpha value is -2.60. The number of carbonyl (C=O) groups excluding carboxylic acids is 1. The molecule has 1 heterocycles. The van der Waals surface area contributed by atoms with Crippen LogP contribution in [-0.2, 0) is 4.79 Å². The molecule has 3 rings (SSSR count). The lowest BCUT2D eigenvalue weighted by Gasteiger charge is -2.10. The molecule has 5 nitrogen and oxygen atoms in total. The van der Waals surface area contributed by atoms with Gasteiger partial charge in [-0.25, -0.2) is 4.79 Å². The normalized spacial score (nSPS) is 15.8. The van der Waals surface area contributed by atoms with E-state index in [4.69, 9.17) is 14.6 Å². The van der Waals surface area contributed by atoms with Gasteiger partial charge >= 0.3 is 5.97 Å². The zero-order valence-electron chi connectivity index (χ0n) is 12.7. The molecule has 24 heavy (non-hydrogen) atoms. The zero-order chi connectivity index (χ0) is 17.3. The fourth-order valence-corrected chi connectivity index (χ4v) is 2.66. The smallest absolute Gasteiger partial charge is 0.344 e. The van der Waals surface area contributed by atoms with E-state index in [0.29, 0.717) is 17.1 Å². The number of carbonyl (C=O) groups is 2. The number of ether oxygens (including phenoxy) is 2. The number of fused-ring (bicyclic) bond motifs is 1. The summed E-state index contributed by atoms with van der Waals surface area (Å²) in [4.78, 5) is 23.2. The number of hydrogen-bond acceptors (Lipinski definition) is 4. The first-order valence-electron chi connectivity index (χ1n) is 7.17. The van der Waals surface area contributed by atoms with Crippen molar-refractivity contribution in [2.45, 2.75) is 13.0 Å². The maximum absolute atomic E-state index is 12.4. The number of halogens is 1. The van der Waals surface area contributed by atoms with E-state index in [1.165, 1.54) is 13.0 Å². The van der Waals surface area contributed by atoms with Gasteiger partial charge in [-0.05, 0) is 42.8 Å². The second kappa shape index (κ2) is 6.49. The van der Waals surface area contributed by atoms with Gasteiger partial charge in [0.2, 0.25) is 5.78 Å². The molecule has 1 atom stereocenters. The molecule has 1 aliphatic heterocycles. The van der Waals surface area contributed by atoms with Gasteiger partial charge in [-0.15, -0.1) is 0 Å². The second-order valence-corrected chi connectivity index (χ2v) is 6.17. The molecule has 122 valence electrons. The number of aliphatic carboxylic acids is 1. The third-order valence-electron chi connectivity index (χ3n) is 3.45. The van der Waals surface area contributed by atoms with Crippen molar-refractivity contribution in [2.75, 3.05) is 0 Å². The van der Waals surface area contributed by atoms with Crippen molar-refractivity contribution in [1.29, 1.82) is 0 Å². The van der Waals surface area contributed by atoms with Crippen LogP contribution in [0.4, 0.5) is 0 Å². The highest BCUT2D eigenvalue weighted by Crippen LogP contribution is 2.35. The van der Waals surface area contributed by atoms with E-state index >= 15 is 0 Å². The average Bonchev–Trinajstić information content (AvgIpc) is 2.83. The van der Waals surface area contributed by atoms with Crippen molar-refractivity contribution in [1.82, 2.24) is 0 Å². The highest BCUT2D eigenvalue weighted by Gasteiger charge is 2.28. The Balaban J connectivity index is 1.86. The molecule has 0 radical (unpaired) electrons. The van der Waals surface area contributed by atoms with Crippen molar-refractivity contribution in [3.05, 3.63) is 63.8 Å². The Morgan fingerprint density at radius 3 is 2.79 bits per heavy atom. The van der Waals surface area contributed by atoms with Gasteiger partial charge in [0.15, 0.2) is 11.9 Å². The summed E-state index contributed by atoms with van der Waals surface area (Å²) in [7, 11) is 0. The lowest BCUT2D eigenvalue weighted by Crippen LogP contribution is -2.22. The van der Waals surface area contributed by atoms with Gasteiger partial charge in [-0.1, -0.05) is 28.1 Å². The Morgan fingerprint density at radius 2 is 2.08 bits per heavy atom. The summed E-state index contributed by atoms with van der Waals surface area (Å²) in [5.41, 5.74) is 1.25. The Labute approximate surface area is 146 Å². The van der Waals surface area contributed by atoms with E-state index in [1.54, 1.807) is 18.2 Å². The fourth-order valence-electron chi connectivity index (χ4n) is 2.24. The average molecular weight is 389 g/mol. The fraction of sp³-hybridized carbons (Fsp3) is 0.111. The molecule has 2 aromatic rings. The molecule has 1 N–H and O–H groups in total. The van der Waals surface area contributed by atoms with Crippen LogP contribution in [0, 0.1) is 0 Å². The van der Waals surface area contributed by atoms with Crippen LogP contribution in [0.5, 0.6) is 11.5 Å². The molecule has 6 heteroatoms. The lowest BCUT2D eigenvalue weighted by molar-refractivity contribution is -0.144. The summed E-state index contributed by atoms with van der Waals surface area (Å²) in [5, 5.41) is 8.88. The van der Waals surface area contributed by atoms with Gasteiger partial charge in [0.25, 0.3) is 0 Å². The van der Waals surface area contributed by atoms with Crippen molar-refractivity contribution >= 4 is 33.8 Å². The lowest BCUT2D eigenvalue weighted by atomic mass is 10.1. The Kier molecular flexibility index (Phi) is 4.40. The standard InChI is InChI=1S/C18H13BrO5/c1-10(18(21)22)23-13-5-6-14-15(9-13)24-16(17(14)20)8-11-3-2-4-12(19)7-11/h2-10H,1H3,(H,21,22)/t10-/m1/s1. The van der Waals surface area contributed by atoms with Crippen LogP contribution in [0.15, 0.2) is 52.7 Å². The summed E-state index contributed by atoms with van der Waals surface area (Å²) in [5.74, 6) is -0.381. The first kappa shape index (κ1) is 16.3. The molecule has 0 aromatic heterocycles. The number of hydrogen-bond donors (Lipinski definition) is 1. The van der Waals surface area contributed by atoms with E-state index in [9.17, 15) is 9.59 Å². The van der Waals surface area contributed by atoms with Crippen LogP contribution >= 0.6 is 15.9 Å². The largest absolute Gasteiger partial charge is 0.479 e. The van der Waals surface area contributed by atoms with E-state index in [1.807, 2.05) is 24.3 Å². The number of Topliss-reactive ketones (excluding diaryl/α,β-unsaturated/α-hetero) is 1. The molecule has 1 aliphatic rings. The van der Waals surface area contributed by atoms with Crippen LogP contribution < -0.4 is 9.47 Å². The maximum atomic E-state index is 12.4. The van der Waals surface area contributed by atoms with Gasteiger partial charge in [0.1, 0.15) is 11.5 Å². The summed E-state index contributed by atoms with van der Waals surface area (Å²) in [6.07, 6.45) is 0.671. The van der Waals surface area contributed by atoms with Crippen molar-refractivity contribution in [3.63, 3.8) is 0 Å². The maximum Gasteiger partial charge on any atom is 0.344 e.